The molecule has 0 aromatic heterocycles. The minimum atomic E-state index is 0.994. The van der Waals surface area contributed by atoms with E-state index < -0.39 is 0 Å². The van der Waals surface area contributed by atoms with Crippen molar-refractivity contribution in [2.24, 2.45) is 5.92 Å². The van der Waals surface area contributed by atoms with Gasteiger partial charge in [0.2, 0.25) is 0 Å². The molecule has 2 saturated carbocycles. The zero-order chi connectivity index (χ0) is 6.27. The van der Waals surface area contributed by atoms with Crippen LogP contribution in [0, 0.1) is 5.92 Å². The number of hydrogen-bond donors (Lipinski definition) is 0. The lowest BCUT2D eigenvalue weighted by Crippen LogP contribution is -1.80. The zero-order valence-corrected chi connectivity index (χ0v) is 6.11. The van der Waals surface area contributed by atoms with E-state index in [1.165, 1.54) is 32.1 Å². The van der Waals surface area contributed by atoms with Crippen LogP contribution in [0.5, 0.6) is 0 Å². The maximum Gasteiger partial charge on any atom is -0.0280 e. The first-order chi connectivity index (χ1) is 4.36. The highest BCUT2D eigenvalue weighted by Crippen LogP contribution is 2.41. The van der Waals surface area contributed by atoms with Crippen LogP contribution in [-0.2, 0) is 0 Å². The summed E-state index contributed by atoms with van der Waals surface area (Å²) < 4.78 is 0. The average molecular weight is 122 g/mol. The van der Waals surface area contributed by atoms with Crippen molar-refractivity contribution in [3.05, 3.63) is 11.1 Å². The largest absolute Gasteiger partial charge is 0.0707 e. The molecule has 0 aliphatic heterocycles. The van der Waals surface area contributed by atoms with Gasteiger partial charge < -0.3 is 0 Å². The molecule has 0 unspecified atom stereocenters. The van der Waals surface area contributed by atoms with Crippen LogP contribution in [0.25, 0.3) is 0 Å². The zero-order valence-electron chi connectivity index (χ0n) is 6.11. The number of rotatable bonds is 0. The summed E-state index contributed by atoms with van der Waals surface area (Å²) in [6.45, 7) is 2.37. The third-order valence-corrected chi connectivity index (χ3v) is 2.53. The van der Waals surface area contributed by atoms with E-state index in [2.05, 4.69) is 6.92 Å². The lowest BCUT2D eigenvalue weighted by molar-refractivity contribution is 0.620. The van der Waals surface area contributed by atoms with Gasteiger partial charge in [-0.25, -0.2) is 0 Å². The summed E-state index contributed by atoms with van der Waals surface area (Å²) in [5.41, 5.74) is 3.63. The molecule has 0 heteroatoms. The van der Waals surface area contributed by atoms with Gasteiger partial charge in [0.15, 0.2) is 0 Å². The topological polar surface area (TPSA) is 0 Å². The predicted octanol–water partition coefficient (Wildman–Crippen LogP) is 2.90. The molecule has 0 saturated heterocycles. The van der Waals surface area contributed by atoms with Crippen LogP contribution in [0.3, 0.4) is 0 Å². The molecular formula is C9H14. The Balaban J connectivity index is 2.09. The summed E-state index contributed by atoms with van der Waals surface area (Å²) in [5.74, 6) is 0.994. The van der Waals surface area contributed by atoms with E-state index in [0.717, 1.165) is 5.92 Å². The molecule has 50 valence electrons. The summed E-state index contributed by atoms with van der Waals surface area (Å²) in [6, 6.07) is 0. The van der Waals surface area contributed by atoms with Crippen molar-refractivity contribution in [1.82, 2.24) is 0 Å². The fourth-order valence-corrected chi connectivity index (χ4v) is 1.78. The first-order valence-corrected chi connectivity index (χ1v) is 4.06. The van der Waals surface area contributed by atoms with Gasteiger partial charge in [-0.1, -0.05) is 18.1 Å². The molecule has 0 aromatic rings. The molecule has 0 spiro atoms. The Morgan fingerprint density at radius 3 is 2.33 bits per heavy atom. The molecule has 1 atom stereocenters. The average Bonchev–Trinajstić information content (AvgIpc) is 2.58. The van der Waals surface area contributed by atoms with Crippen molar-refractivity contribution in [3.63, 3.8) is 0 Å². The lowest BCUT2D eigenvalue weighted by Gasteiger charge is -1.93. The third kappa shape index (κ3) is 1.03. The summed E-state index contributed by atoms with van der Waals surface area (Å²) in [5, 5.41) is 0. The van der Waals surface area contributed by atoms with E-state index in [9.17, 15) is 0 Å². The second-order valence-corrected chi connectivity index (χ2v) is 3.56. The molecular weight excluding hydrogens is 108 g/mol. The third-order valence-electron chi connectivity index (χ3n) is 2.53. The van der Waals surface area contributed by atoms with E-state index in [0.29, 0.717) is 0 Å². The Labute approximate surface area is 57.0 Å². The predicted molar refractivity (Wildman–Crippen MR) is 39.3 cm³/mol. The molecule has 0 amide bonds. The maximum absolute atomic E-state index is 2.37. The number of allylic oxidation sites excluding steroid dienone is 2. The Morgan fingerprint density at radius 2 is 1.89 bits per heavy atom. The van der Waals surface area contributed by atoms with Gasteiger partial charge in [0.1, 0.15) is 0 Å². The molecule has 0 heterocycles. The van der Waals surface area contributed by atoms with Gasteiger partial charge in [0.05, 0.1) is 0 Å². The smallest absolute Gasteiger partial charge is 0.0280 e. The van der Waals surface area contributed by atoms with Crippen LogP contribution in [0.4, 0.5) is 0 Å². The van der Waals surface area contributed by atoms with Crippen LogP contribution in [0.15, 0.2) is 11.1 Å². The highest BCUT2D eigenvalue weighted by atomic mass is 14.3. The van der Waals surface area contributed by atoms with Crippen molar-refractivity contribution < 1.29 is 0 Å². The highest BCUT2D eigenvalue weighted by molar-refractivity contribution is 5.27. The minimum Gasteiger partial charge on any atom is -0.0707 e. The van der Waals surface area contributed by atoms with Crippen molar-refractivity contribution in [2.75, 3.05) is 0 Å². The molecule has 0 N–H and O–H groups in total. The standard InChI is InChI=1S/C9H14/c1-7-2-3-9(6-7)8-4-5-8/h7H,2-6H2,1H3/t7-/m1/s1. The van der Waals surface area contributed by atoms with E-state index >= 15 is 0 Å². The van der Waals surface area contributed by atoms with Gasteiger partial charge in [-0.05, 0) is 38.0 Å². The SMILES string of the molecule is C[C@@H]1CCC(=C2CC2)C1. The molecule has 0 aromatic carbocycles. The Hall–Kier alpha value is -0.260. The molecule has 0 bridgehead atoms. The first-order valence-electron chi connectivity index (χ1n) is 4.06. The molecule has 2 aliphatic carbocycles. The quantitative estimate of drug-likeness (QED) is 0.433. The second-order valence-electron chi connectivity index (χ2n) is 3.56. The van der Waals surface area contributed by atoms with Crippen LogP contribution in [0.1, 0.15) is 39.0 Å². The van der Waals surface area contributed by atoms with E-state index in [1.54, 1.807) is 5.57 Å². The van der Waals surface area contributed by atoms with Gasteiger partial charge in [0.25, 0.3) is 0 Å². The molecule has 0 nitrogen and oxygen atoms in total. The Kier molecular flexibility index (Phi) is 1.14. The van der Waals surface area contributed by atoms with Crippen molar-refractivity contribution in [3.8, 4) is 0 Å². The van der Waals surface area contributed by atoms with Gasteiger partial charge in [-0.3, -0.25) is 0 Å². The summed E-state index contributed by atoms with van der Waals surface area (Å²) in [4.78, 5) is 0. The molecule has 0 radical (unpaired) electrons. The monoisotopic (exact) mass is 122 g/mol. The highest BCUT2D eigenvalue weighted by Gasteiger charge is 2.23. The Morgan fingerprint density at radius 1 is 1.11 bits per heavy atom. The van der Waals surface area contributed by atoms with E-state index in [4.69, 9.17) is 0 Å². The van der Waals surface area contributed by atoms with Crippen LogP contribution in [-0.4, -0.2) is 0 Å². The van der Waals surface area contributed by atoms with Gasteiger partial charge in [-0.2, -0.15) is 0 Å². The molecule has 2 fully saturated rings. The summed E-state index contributed by atoms with van der Waals surface area (Å²) >= 11 is 0. The van der Waals surface area contributed by atoms with E-state index in [1.807, 2.05) is 5.57 Å². The van der Waals surface area contributed by atoms with Crippen molar-refractivity contribution in [1.29, 1.82) is 0 Å². The van der Waals surface area contributed by atoms with Crippen molar-refractivity contribution in [2.45, 2.75) is 39.0 Å². The van der Waals surface area contributed by atoms with Crippen LogP contribution >= 0.6 is 0 Å². The van der Waals surface area contributed by atoms with Gasteiger partial charge >= 0.3 is 0 Å². The Bertz CT molecular complexity index is 147. The number of hydrogen-bond acceptors (Lipinski definition) is 0. The molecule has 2 aliphatic rings. The van der Waals surface area contributed by atoms with Gasteiger partial charge in [-0.15, -0.1) is 0 Å². The van der Waals surface area contributed by atoms with E-state index in [-0.39, 0.29) is 0 Å². The maximum atomic E-state index is 2.37. The van der Waals surface area contributed by atoms with Crippen LogP contribution in [0.2, 0.25) is 0 Å². The van der Waals surface area contributed by atoms with Gasteiger partial charge in [0, 0.05) is 0 Å². The molecule has 9 heavy (non-hydrogen) atoms. The summed E-state index contributed by atoms with van der Waals surface area (Å²) in [7, 11) is 0. The minimum absolute atomic E-state index is 0.994. The lowest BCUT2D eigenvalue weighted by atomic mass is 10.1. The molecule has 2 rings (SSSR count). The first kappa shape index (κ1) is 5.52. The summed E-state index contributed by atoms with van der Waals surface area (Å²) in [6.07, 6.45) is 7.18. The van der Waals surface area contributed by atoms with Crippen LogP contribution < -0.4 is 0 Å². The fourth-order valence-electron chi connectivity index (χ4n) is 1.78. The second kappa shape index (κ2) is 1.86. The fraction of sp³-hybridized carbons (Fsp3) is 0.778. The normalized spacial score (nSPS) is 33.7. The van der Waals surface area contributed by atoms with Crippen molar-refractivity contribution >= 4 is 0 Å².